The molecule has 1 aromatic heterocycles. The summed E-state index contributed by atoms with van der Waals surface area (Å²) in [7, 11) is 0. The Balaban J connectivity index is 1.78. The summed E-state index contributed by atoms with van der Waals surface area (Å²) in [6.07, 6.45) is 2.12. The highest BCUT2D eigenvalue weighted by Gasteiger charge is 2.24. The number of rotatable bonds is 4. The molecule has 0 saturated carbocycles. The van der Waals surface area contributed by atoms with Crippen molar-refractivity contribution in [1.29, 1.82) is 0 Å². The minimum Gasteiger partial charge on any atom is -0.396 e. The molecular weight excluding hydrogens is 369 g/mol. The molecule has 1 atom stereocenters. The van der Waals surface area contributed by atoms with E-state index >= 15 is 0 Å². The van der Waals surface area contributed by atoms with Gasteiger partial charge in [0.15, 0.2) is 0 Å². The Bertz CT molecular complexity index is 925. The molecule has 0 spiro atoms. The topological polar surface area (TPSA) is 41.3 Å². The fourth-order valence-corrected chi connectivity index (χ4v) is 4.06. The number of hydrogen-bond donors (Lipinski definition) is 1. The predicted octanol–water partition coefficient (Wildman–Crippen LogP) is 4.60. The Hall–Kier alpha value is -1.75. The maximum atomic E-state index is 9.58. The Morgan fingerprint density at radius 3 is 2.85 bits per heavy atom. The van der Waals surface area contributed by atoms with Crippen LogP contribution >= 0.6 is 23.2 Å². The molecule has 4 rings (SSSR count). The quantitative estimate of drug-likeness (QED) is 0.708. The molecular formula is C20H21Cl2N3O. The summed E-state index contributed by atoms with van der Waals surface area (Å²) >= 11 is 12.6. The van der Waals surface area contributed by atoms with Gasteiger partial charge < -0.3 is 14.6 Å². The second-order valence-corrected chi connectivity index (χ2v) is 7.70. The lowest BCUT2D eigenvalue weighted by Gasteiger charge is -2.33. The van der Waals surface area contributed by atoms with Crippen molar-refractivity contribution in [3.05, 3.63) is 58.1 Å². The smallest absolute Gasteiger partial charge is 0.206 e. The van der Waals surface area contributed by atoms with Crippen LogP contribution in [0.2, 0.25) is 10.0 Å². The van der Waals surface area contributed by atoms with Gasteiger partial charge in [-0.3, -0.25) is 0 Å². The van der Waals surface area contributed by atoms with Crippen molar-refractivity contribution in [2.75, 3.05) is 24.6 Å². The minimum absolute atomic E-state index is 0.219. The van der Waals surface area contributed by atoms with Gasteiger partial charge in [-0.2, -0.15) is 0 Å². The zero-order valence-corrected chi connectivity index (χ0v) is 15.9. The lowest BCUT2D eigenvalue weighted by molar-refractivity contribution is 0.208. The first-order chi connectivity index (χ1) is 12.7. The van der Waals surface area contributed by atoms with E-state index in [1.54, 1.807) is 6.07 Å². The molecule has 0 bridgehead atoms. The van der Waals surface area contributed by atoms with Gasteiger partial charge in [0.2, 0.25) is 5.95 Å². The minimum atomic E-state index is 0.219. The highest BCUT2D eigenvalue weighted by Crippen LogP contribution is 2.30. The van der Waals surface area contributed by atoms with Gasteiger partial charge in [-0.15, -0.1) is 0 Å². The fraction of sp³-hybridized carbons (Fsp3) is 0.350. The highest BCUT2D eigenvalue weighted by atomic mass is 35.5. The zero-order valence-electron chi connectivity index (χ0n) is 14.4. The summed E-state index contributed by atoms with van der Waals surface area (Å²) in [6, 6.07) is 13.7. The molecule has 0 radical (unpaired) electrons. The van der Waals surface area contributed by atoms with Gasteiger partial charge in [0.1, 0.15) is 0 Å². The van der Waals surface area contributed by atoms with Crippen molar-refractivity contribution in [3.63, 3.8) is 0 Å². The first-order valence-electron chi connectivity index (χ1n) is 8.90. The van der Waals surface area contributed by atoms with Crippen LogP contribution in [0, 0.1) is 5.92 Å². The molecule has 1 N–H and O–H groups in total. The number of halogens is 2. The number of fused-ring (bicyclic) bond motifs is 1. The molecule has 0 amide bonds. The molecule has 0 unspecified atom stereocenters. The monoisotopic (exact) mass is 389 g/mol. The number of benzene rings is 2. The van der Waals surface area contributed by atoms with E-state index in [1.807, 2.05) is 30.3 Å². The van der Waals surface area contributed by atoms with Crippen LogP contribution in [0.5, 0.6) is 0 Å². The average molecular weight is 390 g/mol. The van der Waals surface area contributed by atoms with Gasteiger partial charge in [-0.05, 0) is 54.7 Å². The molecule has 4 nitrogen and oxygen atoms in total. The third-order valence-corrected chi connectivity index (χ3v) is 5.63. The maximum Gasteiger partial charge on any atom is 0.206 e. The number of aliphatic hydroxyl groups excluding tert-OH is 1. The number of anilines is 1. The molecule has 2 heterocycles. The predicted molar refractivity (Wildman–Crippen MR) is 107 cm³/mol. The summed E-state index contributed by atoms with van der Waals surface area (Å²) in [4.78, 5) is 7.17. The van der Waals surface area contributed by atoms with Crippen LogP contribution in [0.15, 0.2) is 42.5 Å². The second kappa shape index (κ2) is 7.47. The third-order valence-electron chi connectivity index (χ3n) is 5.03. The lowest BCUT2D eigenvalue weighted by Crippen LogP contribution is -2.38. The second-order valence-electron chi connectivity index (χ2n) is 6.86. The summed E-state index contributed by atoms with van der Waals surface area (Å²) < 4.78 is 2.20. The Morgan fingerprint density at radius 2 is 2.00 bits per heavy atom. The van der Waals surface area contributed by atoms with Crippen molar-refractivity contribution in [2.45, 2.75) is 19.4 Å². The molecule has 1 aliphatic rings. The van der Waals surface area contributed by atoms with Gasteiger partial charge in [0, 0.05) is 29.7 Å². The third kappa shape index (κ3) is 3.41. The summed E-state index contributed by atoms with van der Waals surface area (Å²) in [5.41, 5.74) is 3.01. The summed E-state index contributed by atoms with van der Waals surface area (Å²) in [5, 5.41) is 11.0. The van der Waals surface area contributed by atoms with Gasteiger partial charge in [-0.25, -0.2) is 4.98 Å². The van der Waals surface area contributed by atoms with Crippen LogP contribution < -0.4 is 4.90 Å². The van der Waals surface area contributed by atoms with E-state index in [1.165, 1.54) is 0 Å². The van der Waals surface area contributed by atoms with Gasteiger partial charge in [0.25, 0.3) is 0 Å². The number of aromatic nitrogens is 2. The molecule has 3 aromatic rings. The number of hydrogen-bond acceptors (Lipinski definition) is 3. The molecule has 1 fully saturated rings. The van der Waals surface area contributed by atoms with Gasteiger partial charge in [-0.1, -0.05) is 35.3 Å². The van der Waals surface area contributed by atoms with Crippen molar-refractivity contribution in [2.24, 2.45) is 5.92 Å². The standard InChI is InChI=1S/C20H21Cl2N3O/c21-16-7-8-17(22)15(10-16)12-25-19-6-2-1-5-18(19)23-20(25)24-9-3-4-14(11-24)13-26/h1-2,5-8,10,14,26H,3-4,9,11-13H2/t14-/m0/s1. The van der Waals surface area contributed by atoms with E-state index in [4.69, 9.17) is 28.2 Å². The zero-order chi connectivity index (χ0) is 18.1. The van der Waals surface area contributed by atoms with E-state index in [2.05, 4.69) is 15.5 Å². The van der Waals surface area contributed by atoms with Crippen molar-refractivity contribution < 1.29 is 5.11 Å². The Morgan fingerprint density at radius 1 is 1.15 bits per heavy atom. The molecule has 6 heteroatoms. The first kappa shape index (κ1) is 17.7. The fourth-order valence-electron chi connectivity index (χ4n) is 3.69. The number of aliphatic hydroxyl groups is 1. The van der Waals surface area contributed by atoms with Crippen LogP contribution in [0.25, 0.3) is 11.0 Å². The van der Waals surface area contributed by atoms with Crippen LogP contribution in [0.1, 0.15) is 18.4 Å². The number of nitrogens with zero attached hydrogens (tertiary/aromatic N) is 3. The van der Waals surface area contributed by atoms with Crippen molar-refractivity contribution >= 4 is 40.2 Å². The number of imidazole rings is 1. The SMILES string of the molecule is OC[C@H]1CCCN(c2nc3ccccc3n2Cc2cc(Cl)ccc2Cl)C1. The van der Waals surface area contributed by atoms with E-state index in [0.29, 0.717) is 22.5 Å². The lowest BCUT2D eigenvalue weighted by atomic mass is 9.99. The number of para-hydroxylation sites is 2. The van der Waals surface area contributed by atoms with Crippen LogP contribution in [0.4, 0.5) is 5.95 Å². The summed E-state index contributed by atoms with van der Waals surface area (Å²) in [5.74, 6) is 1.23. The Labute approximate surface area is 163 Å². The molecule has 136 valence electrons. The molecule has 2 aromatic carbocycles. The largest absolute Gasteiger partial charge is 0.396 e. The van der Waals surface area contributed by atoms with Gasteiger partial charge >= 0.3 is 0 Å². The normalized spacial score (nSPS) is 17.8. The maximum absolute atomic E-state index is 9.58. The van der Waals surface area contributed by atoms with Crippen LogP contribution in [0.3, 0.4) is 0 Å². The molecule has 0 aliphatic carbocycles. The van der Waals surface area contributed by atoms with Crippen LogP contribution in [-0.2, 0) is 6.54 Å². The summed E-state index contributed by atoms with van der Waals surface area (Å²) in [6.45, 7) is 2.60. The van der Waals surface area contributed by atoms with Crippen LogP contribution in [-0.4, -0.2) is 34.4 Å². The number of piperidine rings is 1. The van der Waals surface area contributed by atoms with E-state index in [-0.39, 0.29) is 6.61 Å². The van der Waals surface area contributed by atoms with E-state index in [9.17, 15) is 5.11 Å². The molecule has 1 aliphatic heterocycles. The Kier molecular flexibility index (Phi) is 5.07. The highest BCUT2D eigenvalue weighted by molar-refractivity contribution is 6.33. The average Bonchev–Trinajstić information content (AvgIpc) is 3.03. The van der Waals surface area contributed by atoms with Gasteiger partial charge in [0.05, 0.1) is 17.6 Å². The first-order valence-corrected chi connectivity index (χ1v) is 9.66. The molecule has 26 heavy (non-hydrogen) atoms. The van der Waals surface area contributed by atoms with Crippen molar-refractivity contribution in [3.8, 4) is 0 Å². The van der Waals surface area contributed by atoms with Crippen molar-refractivity contribution in [1.82, 2.24) is 9.55 Å². The van der Waals surface area contributed by atoms with E-state index in [0.717, 1.165) is 48.5 Å². The van der Waals surface area contributed by atoms with E-state index < -0.39 is 0 Å². The molecule has 1 saturated heterocycles.